The third-order valence-corrected chi connectivity index (χ3v) is 4.66. The van der Waals surface area contributed by atoms with Crippen LogP contribution < -0.4 is 11.1 Å². The molecule has 2 unspecified atom stereocenters. The Morgan fingerprint density at radius 3 is 2.81 bits per heavy atom. The maximum Gasteiger partial charge on any atom is 0.0727 e. The fraction of sp³-hybridized carbons (Fsp3) is 0.500. The Balaban J connectivity index is 1.97. The SMILES string of the molecule is Cc1cc(NC2CCCCCC2C)c2cc(N)ccc2n1. The molecule has 112 valence electrons. The van der Waals surface area contributed by atoms with E-state index < -0.39 is 0 Å². The number of aromatic nitrogens is 1. The average Bonchev–Trinajstić information content (AvgIpc) is 2.65. The van der Waals surface area contributed by atoms with Crippen LogP contribution in [-0.2, 0) is 0 Å². The van der Waals surface area contributed by atoms with E-state index in [-0.39, 0.29) is 0 Å². The zero-order valence-corrected chi connectivity index (χ0v) is 13.0. The predicted molar refractivity (Wildman–Crippen MR) is 90.6 cm³/mol. The van der Waals surface area contributed by atoms with Gasteiger partial charge in [0.15, 0.2) is 0 Å². The van der Waals surface area contributed by atoms with Crippen molar-refractivity contribution in [3.63, 3.8) is 0 Å². The smallest absolute Gasteiger partial charge is 0.0727 e. The molecule has 2 aromatic rings. The van der Waals surface area contributed by atoms with Crippen molar-refractivity contribution < 1.29 is 0 Å². The fourth-order valence-electron chi connectivity index (χ4n) is 3.40. The largest absolute Gasteiger partial charge is 0.399 e. The summed E-state index contributed by atoms with van der Waals surface area (Å²) in [4.78, 5) is 4.61. The van der Waals surface area contributed by atoms with Crippen molar-refractivity contribution in [1.29, 1.82) is 0 Å². The van der Waals surface area contributed by atoms with Gasteiger partial charge in [-0.25, -0.2) is 0 Å². The lowest BCUT2D eigenvalue weighted by Crippen LogP contribution is -2.26. The lowest BCUT2D eigenvalue weighted by Gasteiger charge is -2.25. The second kappa shape index (κ2) is 5.92. The number of benzene rings is 1. The lowest BCUT2D eigenvalue weighted by atomic mass is 9.96. The highest BCUT2D eigenvalue weighted by atomic mass is 14.9. The van der Waals surface area contributed by atoms with Gasteiger partial charge in [0.05, 0.1) is 5.52 Å². The number of nitrogens with one attached hydrogen (secondary N) is 1. The molecule has 0 radical (unpaired) electrons. The molecule has 1 aromatic carbocycles. The van der Waals surface area contributed by atoms with Crippen molar-refractivity contribution in [1.82, 2.24) is 4.98 Å². The number of fused-ring (bicyclic) bond motifs is 1. The van der Waals surface area contributed by atoms with E-state index in [1.165, 1.54) is 37.8 Å². The molecule has 1 aromatic heterocycles. The Bertz CT molecular complexity index is 636. The second-order valence-electron chi connectivity index (χ2n) is 6.45. The summed E-state index contributed by atoms with van der Waals surface area (Å²) in [6, 6.07) is 8.68. The molecule has 2 atom stereocenters. The minimum atomic E-state index is 0.555. The standard InChI is InChI=1S/C18H25N3/c1-12-6-4-3-5-7-16(12)21-18-10-13(2)20-17-9-8-14(19)11-15(17)18/h8-12,16H,3-7,19H2,1-2H3,(H,20,21). The number of nitrogens with two attached hydrogens (primary N) is 1. The minimum Gasteiger partial charge on any atom is -0.399 e. The van der Waals surface area contributed by atoms with Crippen molar-refractivity contribution in [3.8, 4) is 0 Å². The average molecular weight is 283 g/mol. The van der Waals surface area contributed by atoms with Crippen LogP contribution in [0.2, 0.25) is 0 Å². The summed E-state index contributed by atoms with van der Waals surface area (Å²) in [5.41, 5.74) is 10.0. The summed E-state index contributed by atoms with van der Waals surface area (Å²) < 4.78 is 0. The van der Waals surface area contributed by atoms with Gasteiger partial charge < -0.3 is 11.1 Å². The van der Waals surface area contributed by atoms with Gasteiger partial charge in [-0.1, -0.05) is 26.2 Å². The number of anilines is 2. The number of nitrogen functional groups attached to an aromatic ring is 1. The van der Waals surface area contributed by atoms with Crippen LogP contribution in [0, 0.1) is 12.8 Å². The molecule has 0 saturated heterocycles. The number of rotatable bonds is 2. The summed E-state index contributed by atoms with van der Waals surface area (Å²) in [6.45, 7) is 4.42. The first-order chi connectivity index (χ1) is 10.1. The number of nitrogens with zero attached hydrogens (tertiary/aromatic N) is 1. The molecule has 0 bridgehead atoms. The van der Waals surface area contributed by atoms with Crippen molar-refractivity contribution in [2.24, 2.45) is 5.92 Å². The fourth-order valence-corrected chi connectivity index (χ4v) is 3.40. The first kappa shape index (κ1) is 14.2. The van der Waals surface area contributed by atoms with Gasteiger partial charge >= 0.3 is 0 Å². The molecule has 1 aliphatic rings. The van der Waals surface area contributed by atoms with Gasteiger partial charge in [-0.05, 0) is 49.9 Å². The minimum absolute atomic E-state index is 0.555. The first-order valence-electron chi connectivity index (χ1n) is 8.07. The monoisotopic (exact) mass is 283 g/mol. The topological polar surface area (TPSA) is 50.9 Å². The van der Waals surface area contributed by atoms with Crippen molar-refractivity contribution >= 4 is 22.3 Å². The third kappa shape index (κ3) is 3.12. The molecule has 1 saturated carbocycles. The number of hydrogen-bond donors (Lipinski definition) is 2. The molecule has 1 fully saturated rings. The van der Waals surface area contributed by atoms with E-state index in [1.54, 1.807) is 0 Å². The molecular formula is C18H25N3. The van der Waals surface area contributed by atoms with E-state index in [0.29, 0.717) is 6.04 Å². The highest BCUT2D eigenvalue weighted by molar-refractivity contribution is 5.93. The molecule has 3 nitrogen and oxygen atoms in total. The van der Waals surface area contributed by atoms with E-state index in [9.17, 15) is 0 Å². The van der Waals surface area contributed by atoms with Crippen LogP contribution in [-0.4, -0.2) is 11.0 Å². The Kier molecular flexibility index (Phi) is 4.00. The Morgan fingerprint density at radius 2 is 1.95 bits per heavy atom. The van der Waals surface area contributed by atoms with Crippen LogP contribution in [0.3, 0.4) is 0 Å². The Morgan fingerprint density at radius 1 is 1.14 bits per heavy atom. The maximum absolute atomic E-state index is 5.96. The molecule has 1 heterocycles. The van der Waals surface area contributed by atoms with E-state index >= 15 is 0 Å². The van der Waals surface area contributed by atoms with Crippen molar-refractivity contribution in [3.05, 3.63) is 30.0 Å². The molecule has 0 aliphatic heterocycles. The second-order valence-corrected chi connectivity index (χ2v) is 6.45. The summed E-state index contributed by atoms with van der Waals surface area (Å²) in [5.74, 6) is 0.720. The van der Waals surface area contributed by atoms with Gasteiger partial charge in [0.2, 0.25) is 0 Å². The van der Waals surface area contributed by atoms with Crippen LogP contribution in [0.1, 0.15) is 44.7 Å². The lowest BCUT2D eigenvalue weighted by molar-refractivity contribution is 0.457. The predicted octanol–water partition coefficient (Wildman–Crippen LogP) is 4.51. The zero-order valence-electron chi connectivity index (χ0n) is 13.0. The van der Waals surface area contributed by atoms with E-state index in [1.807, 2.05) is 18.2 Å². The Hall–Kier alpha value is -1.77. The maximum atomic E-state index is 5.96. The van der Waals surface area contributed by atoms with Gasteiger partial charge in [0.1, 0.15) is 0 Å². The van der Waals surface area contributed by atoms with E-state index in [0.717, 1.165) is 28.2 Å². The highest BCUT2D eigenvalue weighted by Gasteiger charge is 2.20. The van der Waals surface area contributed by atoms with E-state index in [2.05, 4.69) is 30.2 Å². The zero-order chi connectivity index (χ0) is 14.8. The summed E-state index contributed by atoms with van der Waals surface area (Å²) >= 11 is 0. The van der Waals surface area contributed by atoms with Crippen LogP contribution in [0.4, 0.5) is 11.4 Å². The molecule has 3 heteroatoms. The van der Waals surface area contributed by atoms with Crippen LogP contribution >= 0.6 is 0 Å². The quantitative estimate of drug-likeness (QED) is 0.630. The van der Waals surface area contributed by atoms with Crippen LogP contribution in [0.5, 0.6) is 0 Å². The summed E-state index contributed by atoms with van der Waals surface area (Å²) in [7, 11) is 0. The number of pyridine rings is 1. The first-order valence-corrected chi connectivity index (χ1v) is 8.07. The van der Waals surface area contributed by atoms with Crippen LogP contribution in [0.15, 0.2) is 24.3 Å². The Labute approximate surface area is 127 Å². The molecule has 3 N–H and O–H groups in total. The van der Waals surface area contributed by atoms with E-state index in [4.69, 9.17) is 5.73 Å². The van der Waals surface area contributed by atoms with Gasteiger partial charge in [-0.15, -0.1) is 0 Å². The molecule has 1 aliphatic carbocycles. The highest BCUT2D eigenvalue weighted by Crippen LogP contribution is 2.30. The van der Waals surface area contributed by atoms with Crippen molar-refractivity contribution in [2.45, 2.75) is 52.0 Å². The van der Waals surface area contributed by atoms with Gasteiger partial charge in [-0.3, -0.25) is 4.98 Å². The van der Waals surface area contributed by atoms with Gasteiger partial charge in [-0.2, -0.15) is 0 Å². The molecule has 21 heavy (non-hydrogen) atoms. The number of hydrogen-bond acceptors (Lipinski definition) is 3. The van der Waals surface area contributed by atoms with Crippen LogP contribution in [0.25, 0.3) is 10.9 Å². The van der Waals surface area contributed by atoms with Crippen molar-refractivity contribution in [2.75, 3.05) is 11.1 Å². The summed E-state index contributed by atoms with van der Waals surface area (Å²) in [5, 5.41) is 4.92. The molecule has 0 spiro atoms. The number of aryl methyl sites for hydroxylation is 1. The van der Waals surface area contributed by atoms with Gasteiger partial charge in [0.25, 0.3) is 0 Å². The normalized spacial score (nSPS) is 23.0. The summed E-state index contributed by atoms with van der Waals surface area (Å²) in [6.07, 6.45) is 6.63. The molecule has 3 rings (SSSR count). The van der Waals surface area contributed by atoms with Gasteiger partial charge in [0, 0.05) is 28.5 Å². The molecule has 0 amide bonds. The molecular weight excluding hydrogens is 258 g/mol. The third-order valence-electron chi connectivity index (χ3n) is 4.66.